The lowest BCUT2D eigenvalue weighted by Gasteiger charge is -2.30. The summed E-state index contributed by atoms with van der Waals surface area (Å²) in [4.78, 5) is 26.8. The Balaban J connectivity index is 1.33. The van der Waals surface area contributed by atoms with Gasteiger partial charge in [-0.3, -0.25) is 0 Å². The first kappa shape index (κ1) is 29.3. The number of aryl methyl sites for hydroxylation is 3. The Morgan fingerprint density at radius 3 is 2.40 bits per heavy atom. The average Bonchev–Trinajstić information content (AvgIpc) is 2.92. The van der Waals surface area contributed by atoms with Gasteiger partial charge in [0.15, 0.2) is 0 Å². The van der Waals surface area contributed by atoms with Gasteiger partial charge in [-0.15, -0.1) is 0 Å². The van der Waals surface area contributed by atoms with Crippen LogP contribution in [0.2, 0.25) is 0 Å². The van der Waals surface area contributed by atoms with E-state index in [1.165, 1.54) is 0 Å². The first-order valence-corrected chi connectivity index (χ1v) is 14.0. The monoisotopic (exact) mass is 544 g/mol. The molecule has 0 saturated heterocycles. The lowest BCUT2D eigenvalue weighted by atomic mass is 9.94. The fourth-order valence-corrected chi connectivity index (χ4v) is 5.29. The number of carboxylic acids is 1. The van der Waals surface area contributed by atoms with Crippen molar-refractivity contribution in [1.29, 1.82) is 0 Å². The molecule has 7 nitrogen and oxygen atoms in total. The van der Waals surface area contributed by atoms with Gasteiger partial charge in [0.1, 0.15) is 0 Å². The van der Waals surface area contributed by atoms with Crippen molar-refractivity contribution in [2.75, 3.05) is 18.5 Å². The summed E-state index contributed by atoms with van der Waals surface area (Å²) in [6, 6.07) is 21.3. The van der Waals surface area contributed by atoms with Gasteiger partial charge in [-0.1, -0.05) is 66.2 Å². The molecule has 0 heterocycles. The van der Waals surface area contributed by atoms with Crippen LogP contribution >= 0.6 is 0 Å². The van der Waals surface area contributed by atoms with E-state index >= 15 is 0 Å². The Morgan fingerprint density at radius 2 is 1.65 bits per heavy atom. The molecule has 0 aliphatic heterocycles. The second-order valence-electron chi connectivity index (χ2n) is 10.7. The summed E-state index contributed by atoms with van der Waals surface area (Å²) in [6.45, 7) is 7.47. The van der Waals surface area contributed by atoms with Crippen LogP contribution in [0.4, 0.5) is 10.5 Å². The lowest BCUT2D eigenvalue weighted by molar-refractivity contribution is -0.0524. The van der Waals surface area contributed by atoms with Crippen molar-refractivity contribution in [2.45, 2.75) is 71.8 Å². The maximum absolute atomic E-state index is 13.3. The van der Waals surface area contributed by atoms with Crippen LogP contribution in [0, 0.1) is 20.8 Å². The maximum Gasteiger partial charge on any atom is 0.336 e. The van der Waals surface area contributed by atoms with Gasteiger partial charge in [0.25, 0.3) is 0 Å². The van der Waals surface area contributed by atoms with E-state index in [0.29, 0.717) is 30.8 Å². The molecule has 3 aromatic rings. The summed E-state index contributed by atoms with van der Waals surface area (Å²) in [5.41, 5.74) is 5.79. The summed E-state index contributed by atoms with van der Waals surface area (Å²) < 4.78 is 12.4. The van der Waals surface area contributed by atoms with E-state index in [0.717, 1.165) is 53.6 Å². The number of nitrogens with one attached hydrogen (secondary N) is 1. The largest absolute Gasteiger partial charge is 0.478 e. The first-order chi connectivity index (χ1) is 19.3. The number of ether oxygens (including phenoxy) is 2. The molecule has 1 fully saturated rings. The highest BCUT2D eigenvalue weighted by molar-refractivity contribution is 5.91. The molecule has 0 radical (unpaired) electrons. The highest BCUT2D eigenvalue weighted by atomic mass is 16.5. The van der Waals surface area contributed by atoms with E-state index in [2.05, 4.69) is 11.4 Å². The number of amides is 2. The molecule has 2 amide bonds. The van der Waals surface area contributed by atoms with Crippen molar-refractivity contribution in [3.8, 4) is 0 Å². The van der Waals surface area contributed by atoms with E-state index in [1.54, 1.807) is 17.9 Å². The van der Waals surface area contributed by atoms with E-state index in [4.69, 9.17) is 9.47 Å². The van der Waals surface area contributed by atoms with Crippen LogP contribution < -0.4 is 5.32 Å². The SMILES string of the molecule is Cc1cccc(CN(CCO[C@H]2CCC[C@@H](OCc3cccc(C)c3C(=O)O)C2)C(=O)Nc2ccccc2C)c1. The van der Waals surface area contributed by atoms with Crippen molar-refractivity contribution in [2.24, 2.45) is 0 Å². The van der Waals surface area contributed by atoms with Crippen LogP contribution in [0.25, 0.3) is 0 Å². The number of aromatic carboxylic acids is 1. The molecule has 212 valence electrons. The van der Waals surface area contributed by atoms with Gasteiger partial charge in [-0.05, 0) is 74.8 Å². The molecular formula is C33H40N2O5. The molecule has 7 heteroatoms. The number of hydrogen-bond donors (Lipinski definition) is 2. The third-order valence-electron chi connectivity index (χ3n) is 7.47. The molecule has 0 bridgehead atoms. The molecule has 4 rings (SSSR count). The number of carbonyl (C=O) groups excluding carboxylic acids is 1. The number of anilines is 1. The van der Waals surface area contributed by atoms with Gasteiger partial charge in [-0.2, -0.15) is 0 Å². The summed E-state index contributed by atoms with van der Waals surface area (Å²) in [6.07, 6.45) is 3.64. The van der Waals surface area contributed by atoms with Gasteiger partial charge in [0.2, 0.25) is 0 Å². The molecule has 40 heavy (non-hydrogen) atoms. The fourth-order valence-electron chi connectivity index (χ4n) is 5.29. The molecule has 2 N–H and O–H groups in total. The molecule has 2 atom stereocenters. The molecule has 3 aromatic carbocycles. The van der Waals surface area contributed by atoms with Crippen molar-refractivity contribution in [1.82, 2.24) is 4.90 Å². The van der Waals surface area contributed by atoms with E-state index in [1.807, 2.05) is 68.4 Å². The minimum atomic E-state index is -0.928. The van der Waals surface area contributed by atoms with Gasteiger partial charge < -0.3 is 24.8 Å². The van der Waals surface area contributed by atoms with Crippen molar-refractivity contribution >= 4 is 17.7 Å². The summed E-state index contributed by atoms with van der Waals surface area (Å²) >= 11 is 0. The third-order valence-corrected chi connectivity index (χ3v) is 7.47. The quantitative estimate of drug-likeness (QED) is 0.274. The van der Waals surface area contributed by atoms with Crippen LogP contribution in [-0.2, 0) is 22.6 Å². The number of hydrogen-bond acceptors (Lipinski definition) is 4. The number of urea groups is 1. The van der Waals surface area contributed by atoms with Gasteiger partial charge in [0, 0.05) is 18.8 Å². The predicted octanol–water partition coefficient (Wildman–Crippen LogP) is 6.89. The number of carbonyl (C=O) groups is 2. The maximum atomic E-state index is 13.3. The van der Waals surface area contributed by atoms with Crippen LogP contribution in [0.3, 0.4) is 0 Å². The molecule has 0 spiro atoms. The molecule has 1 aliphatic rings. The van der Waals surface area contributed by atoms with Gasteiger partial charge >= 0.3 is 12.0 Å². The zero-order valence-corrected chi connectivity index (χ0v) is 23.7. The standard InChI is InChI=1S/C33H40N2O5/c1-23-9-6-12-26(19-23)21-35(33(38)34-30-16-5-4-10-24(30)2)17-18-39-28-14-8-15-29(20-28)40-22-27-13-7-11-25(3)31(27)32(36)37/h4-7,9-13,16,19,28-29H,8,14-15,17-18,20-22H2,1-3H3,(H,34,38)(H,36,37)/t28-,29+/m0/s1. The number of benzene rings is 3. The second-order valence-corrected chi connectivity index (χ2v) is 10.7. The summed E-state index contributed by atoms with van der Waals surface area (Å²) in [5, 5.41) is 12.7. The normalized spacial score (nSPS) is 16.9. The highest BCUT2D eigenvalue weighted by Gasteiger charge is 2.25. The van der Waals surface area contributed by atoms with Crippen molar-refractivity contribution in [3.63, 3.8) is 0 Å². The Morgan fingerprint density at radius 1 is 0.925 bits per heavy atom. The average molecular weight is 545 g/mol. The topological polar surface area (TPSA) is 88.1 Å². The van der Waals surface area contributed by atoms with E-state index < -0.39 is 5.97 Å². The highest BCUT2D eigenvalue weighted by Crippen LogP contribution is 2.26. The number of para-hydroxylation sites is 1. The minimum Gasteiger partial charge on any atom is -0.478 e. The van der Waals surface area contributed by atoms with Crippen LogP contribution in [-0.4, -0.2) is 47.4 Å². The minimum absolute atomic E-state index is 0.00802. The molecule has 0 aromatic heterocycles. The molecule has 1 saturated carbocycles. The first-order valence-electron chi connectivity index (χ1n) is 14.0. The summed E-state index contributed by atoms with van der Waals surface area (Å²) in [7, 11) is 0. The Bertz CT molecular complexity index is 1310. The Kier molecular flexibility index (Phi) is 10.3. The predicted molar refractivity (Wildman–Crippen MR) is 157 cm³/mol. The Labute approximate surface area is 237 Å². The number of nitrogens with zero attached hydrogens (tertiary/aromatic N) is 1. The van der Waals surface area contributed by atoms with E-state index in [9.17, 15) is 14.7 Å². The third kappa shape index (κ3) is 8.16. The van der Waals surface area contributed by atoms with Gasteiger partial charge in [-0.25, -0.2) is 9.59 Å². The molecule has 1 aliphatic carbocycles. The smallest absolute Gasteiger partial charge is 0.336 e. The van der Waals surface area contributed by atoms with Crippen LogP contribution in [0.5, 0.6) is 0 Å². The van der Waals surface area contributed by atoms with Crippen LogP contribution in [0.1, 0.15) is 63.9 Å². The van der Waals surface area contributed by atoms with E-state index in [-0.39, 0.29) is 24.8 Å². The zero-order chi connectivity index (χ0) is 28.5. The number of carboxylic acid groups (broad SMARTS) is 1. The molecular weight excluding hydrogens is 504 g/mol. The second kappa shape index (κ2) is 14.1. The zero-order valence-electron chi connectivity index (χ0n) is 23.7. The number of rotatable bonds is 11. The fraction of sp³-hybridized carbons (Fsp3) is 0.394. The lowest BCUT2D eigenvalue weighted by Crippen LogP contribution is -2.38. The Hall–Kier alpha value is -3.68. The van der Waals surface area contributed by atoms with Gasteiger partial charge in [0.05, 0.1) is 31.0 Å². The molecule has 0 unspecified atom stereocenters. The summed E-state index contributed by atoms with van der Waals surface area (Å²) in [5.74, 6) is -0.928. The van der Waals surface area contributed by atoms with Crippen molar-refractivity contribution in [3.05, 3.63) is 100 Å². The van der Waals surface area contributed by atoms with Crippen molar-refractivity contribution < 1.29 is 24.2 Å². The van der Waals surface area contributed by atoms with Crippen LogP contribution in [0.15, 0.2) is 66.7 Å².